The van der Waals surface area contributed by atoms with Crippen LogP contribution in [0.2, 0.25) is 0 Å². The summed E-state index contributed by atoms with van der Waals surface area (Å²) >= 11 is 0. The van der Waals surface area contributed by atoms with Gasteiger partial charge in [-0.2, -0.15) is 16.7 Å². The van der Waals surface area contributed by atoms with Crippen LogP contribution in [0.4, 0.5) is 22.7 Å². The Bertz CT molecular complexity index is 2500. The number of pyridine rings is 1. The zero-order valence-corrected chi connectivity index (χ0v) is 32.3. The average molecular weight is 849 g/mol. The van der Waals surface area contributed by atoms with Crippen LogP contribution in [0.25, 0.3) is 27.6 Å². The number of hydrogen-bond donors (Lipinski definition) is 0. The Kier molecular flexibility index (Phi) is 7.56. The third-order valence-electron chi connectivity index (χ3n) is 10.5. The number of fused-ring (bicyclic) bond motifs is 7. The molecule has 5 aromatic carbocycles. The van der Waals surface area contributed by atoms with Gasteiger partial charge in [0.05, 0.1) is 5.69 Å². The fourth-order valence-electron chi connectivity index (χ4n) is 7.81. The summed E-state index contributed by atoms with van der Waals surface area (Å²) in [5.41, 5.74) is 10.8. The van der Waals surface area contributed by atoms with Gasteiger partial charge in [0.2, 0.25) is 11.4 Å². The van der Waals surface area contributed by atoms with Crippen LogP contribution in [0.15, 0.2) is 115 Å². The van der Waals surface area contributed by atoms with E-state index in [0.717, 1.165) is 33.3 Å². The molecule has 1 unspecified atom stereocenters. The maximum atomic E-state index is 6.61. The van der Waals surface area contributed by atoms with Gasteiger partial charge in [0.25, 0.3) is 0 Å². The van der Waals surface area contributed by atoms with Crippen LogP contribution in [0.1, 0.15) is 58.2 Å². The largest absolute Gasteiger partial charge is 0.509 e. The first-order valence-corrected chi connectivity index (χ1v) is 17.4. The zero-order valence-electron chi connectivity index (χ0n) is 30.1. The molecule has 9 rings (SSSR count). The maximum Gasteiger partial charge on any atom is 0.225 e. The summed E-state index contributed by atoms with van der Waals surface area (Å²) in [7, 11) is 0. The smallest absolute Gasteiger partial charge is 0.225 e. The molecule has 1 fully saturated rings. The van der Waals surface area contributed by atoms with Crippen LogP contribution in [0, 0.1) is 25.7 Å². The van der Waals surface area contributed by atoms with Gasteiger partial charge in [0.1, 0.15) is 5.82 Å². The van der Waals surface area contributed by atoms with E-state index < -0.39 is 0 Å². The Morgan fingerprint density at radius 2 is 1.37 bits per heavy atom. The number of ether oxygens (including phenoxy) is 1. The van der Waals surface area contributed by atoms with Crippen molar-refractivity contribution in [1.29, 1.82) is 0 Å². The average Bonchev–Trinajstić information content (AvgIpc) is 3.58. The molecule has 0 radical (unpaired) electrons. The molecule has 0 N–H and O–H groups in total. The van der Waals surface area contributed by atoms with Crippen molar-refractivity contribution in [2.45, 2.75) is 59.3 Å². The third kappa shape index (κ3) is 4.97. The molecule has 5 nitrogen and oxygen atoms in total. The third-order valence-corrected chi connectivity index (χ3v) is 10.5. The molecule has 2 aliphatic rings. The number of rotatable bonds is 5. The van der Waals surface area contributed by atoms with Crippen molar-refractivity contribution in [3.63, 3.8) is 0 Å². The summed E-state index contributed by atoms with van der Waals surface area (Å²) in [4.78, 5) is 4.83. The molecule has 0 saturated carbocycles. The fourth-order valence-corrected chi connectivity index (χ4v) is 7.81. The summed E-state index contributed by atoms with van der Waals surface area (Å²) in [5.74, 6) is 2.16. The second-order valence-electron chi connectivity index (χ2n) is 15.9. The summed E-state index contributed by atoms with van der Waals surface area (Å²) in [6.07, 6.45) is 1.90. The molecule has 51 heavy (non-hydrogen) atoms. The van der Waals surface area contributed by atoms with E-state index in [4.69, 9.17) is 9.72 Å². The fraction of sp³-hybridized carbons (Fsp3) is 0.200. The van der Waals surface area contributed by atoms with E-state index in [9.17, 15) is 0 Å². The maximum absolute atomic E-state index is 6.61. The number of para-hydroxylation sites is 3. The first kappa shape index (κ1) is 33.6. The minimum absolute atomic E-state index is 0. The van der Waals surface area contributed by atoms with Gasteiger partial charge in [-0.1, -0.05) is 89.5 Å². The number of benzene rings is 5. The first-order valence-electron chi connectivity index (χ1n) is 17.4. The van der Waals surface area contributed by atoms with Crippen molar-refractivity contribution in [1.82, 2.24) is 18.7 Å². The van der Waals surface area contributed by atoms with Gasteiger partial charge in [0, 0.05) is 68.5 Å². The molecule has 1 saturated heterocycles. The standard InChI is InChI=1S/C45H41N4O.Pt/c1-30-23-32(45(5,6)7)25-34(24-30)49-29-48(49,41-17-10-11-18-42(41)49)33-13-12-14-35(27-33)50-36-19-20-38-37-15-8-9-16-39(37)47(40(38)28-36)43-26-31(21-22-46-43)44(2,3)4;/h8-26,29H,1-7H3;/q-1;/t48?,49-;/m0./s1. The van der Waals surface area contributed by atoms with Gasteiger partial charge in [-0.15, -0.1) is 29.7 Å². The first-order chi connectivity index (χ1) is 23.9. The number of quaternary nitrogens is 2. The Labute approximate surface area is 315 Å². The second-order valence-corrected chi connectivity index (χ2v) is 15.9. The van der Waals surface area contributed by atoms with Crippen LogP contribution in [0.5, 0.6) is 11.5 Å². The topological polar surface area (TPSA) is 27.1 Å². The van der Waals surface area contributed by atoms with E-state index in [1.54, 1.807) is 0 Å². The molecule has 258 valence electrons. The number of aryl methyl sites for hydroxylation is 1. The molecule has 7 aromatic rings. The van der Waals surface area contributed by atoms with Crippen molar-refractivity contribution >= 4 is 44.6 Å². The van der Waals surface area contributed by atoms with E-state index in [1.165, 1.54) is 33.8 Å². The minimum Gasteiger partial charge on any atom is -0.509 e. The summed E-state index contributed by atoms with van der Waals surface area (Å²) in [6, 6.07) is 46.2. The van der Waals surface area contributed by atoms with Gasteiger partial charge < -0.3 is 9.30 Å². The molecule has 4 heterocycles. The molecule has 2 aliphatic heterocycles. The van der Waals surface area contributed by atoms with Gasteiger partial charge in [-0.3, -0.25) is 0 Å². The molecule has 6 heteroatoms. The molecule has 2 aromatic heterocycles. The predicted octanol–water partition coefficient (Wildman–Crippen LogP) is 11.8. The molecular weight excluding hydrogens is 808 g/mol. The van der Waals surface area contributed by atoms with Crippen molar-refractivity contribution in [2.75, 3.05) is 0 Å². The molecule has 0 bridgehead atoms. The normalized spacial score (nSPS) is 19.2. The van der Waals surface area contributed by atoms with Crippen molar-refractivity contribution in [2.24, 2.45) is 0 Å². The van der Waals surface area contributed by atoms with E-state index in [1.807, 2.05) is 18.3 Å². The summed E-state index contributed by atoms with van der Waals surface area (Å²) in [5, 5.41) is 2.27. The number of nitrogens with zero attached hydrogens (tertiary/aromatic N) is 4. The van der Waals surface area contributed by atoms with Crippen LogP contribution in [0.3, 0.4) is 0 Å². The van der Waals surface area contributed by atoms with Crippen molar-refractivity contribution < 1.29 is 25.8 Å². The molecule has 2 atom stereocenters. The van der Waals surface area contributed by atoms with Crippen LogP contribution < -0.4 is 13.9 Å². The van der Waals surface area contributed by atoms with Crippen molar-refractivity contribution in [3.8, 4) is 17.3 Å². The Morgan fingerprint density at radius 3 is 2.14 bits per heavy atom. The zero-order chi connectivity index (χ0) is 34.6. The Balaban J connectivity index is 0.00000374. The molecule has 0 spiro atoms. The molecule has 0 aliphatic carbocycles. The number of aromatic nitrogens is 2. The van der Waals surface area contributed by atoms with Crippen LogP contribution >= 0.6 is 0 Å². The van der Waals surface area contributed by atoms with Gasteiger partial charge >= 0.3 is 0 Å². The summed E-state index contributed by atoms with van der Waals surface area (Å²) < 4.78 is 10.0. The second kappa shape index (κ2) is 11.5. The van der Waals surface area contributed by atoms with Crippen LogP contribution in [-0.2, 0) is 31.9 Å². The SMILES string of the molecule is Cc1cc(C(C)(C)C)cc([N@+]23[CH-][N+]2(c2[c-]c(Oc4[c-]c5c(cc4)c4ccccc4n5-c4cc(C(C)(C)C)ccn4)ccc2)c2ccccc23)c1.[Pt]. The van der Waals surface area contributed by atoms with E-state index in [0.29, 0.717) is 20.7 Å². The molecular formula is C45H41N4OPt-. The number of hydrogen-bond acceptors (Lipinski definition) is 2. The minimum atomic E-state index is -0.00222. The summed E-state index contributed by atoms with van der Waals surface area (Å²) in [6.45, 7) is 18.1. The van der Waals surface area contributed by atoms with E-state index in [2.05, 4.69) is 169 Å². The monoisotopic (exact) mass is 848 g/mol. The Hall–Kier alpha value is -4.54. The van der Waals surface area contributed by atoms with E-state index in [-0.39, 0.29) is 31.9 Å². The predicted molar refractivity (Wildman–Crippen MR) is 205 cm³/mol. The van der Waals surface area contributed by atoms with Gasteiger partial charge in [0.15, 0.2) is 12.4 Å². The van der Waals surface area contributed by atoms with Crippen molar-refractivity contribution in [3.05, 3.63) is 151 Å². The van der Waals surface area contributed by atoms with E-state index >= 15 is 0 Å². The van der Waals surface area contributed by atoms with Crippen LogP contribution in [-0.4, -0.2) is 9.55 Å². The Morgan fingerprint density at radius 1 is 0.667 bits per heavy atom. The molecule has 0 amide bonds. The quantitative estimate of drug-likeness (QED) is 0.0980. The van der Waals surface area contributed by atoms with Gasteiger partial charge in [-0.25, -0.2) is 9.58 Å². The van der Waals surface area contributed by atoms with Gasteiger partial charge in [-0.05, 0) is 58.0 Å².